The van der Waals surface area contributed by atoms with Crippen molar-refractivity contribution in [3.63, 3.8) is 0 Å². The number of ether oxygens (including phenoxy) is 1. The third-order valence-electron chi connectivity index (χ3n) is 3.95. The van der Waals surface area contributed by atoms with Crippen LogP contribution in [0.15, 0.2) is 17.8 Å². The van der Waals surface area contributed by atoms with Gasteiger partial charge in [0.25, 0.3) is 0 Å². The molecule has 0 aromatic carbocycles. The van der Waals surface area contributed by atoms with E-state index in [0.717, 1.165) is 5.06 Å². The van der Waals surface area contributed by atoms with Crippen molar-refractivity contribution in [3.8, 4) is 0 Å². The van der Waals surface area contributed by atoms with Crippen LogP contribution in [0.5, 0.6) is 0 Å². The lowest BCUT2D eigenvalue weighted by Crippen LogP contribution is -2.51. The van der Waals surface area contributed by atoms with E-state index in [4.69, 9.17) is 20.1 Å². The van der Waals surface area contributed by atoms with Gasteiger partial charge in [-0.05, 0) is 20.8 Å². The van der Waals surface area contributed by atoms with Crippen molar-refractivity contribution in [1.29, 1.82) is 0 Å². The molecule has 2 fully saturated rings. The lowest BCUT2D eigenvalue weighted by Gasteiger charge is -2.28. The molecule has 11 nitrogen and oxygen atoms in total. The molecule has 0 aromatic rings. The van der Waals surface area contributed by atoms with E-state index in [1.54, 1.807) is 20.8 Å². The second-order valence-corrected chi connectivity index (χ2v) is 7.33. The number of nitrogens with two attached hydrogens (primary N) is 1. The summed E-state index contributed by atoms with van der Waals surface area (Å²) in [7, 11) is 0. The molecule has 0 aromatic heterocycles. The van der Waals surface area contributed by atoms with Crippen LogP contribution in [0.4, 0.5) is 9.59 Å². The van der Waals surface area contributed by atoms with E-state index in [0.29, 0.717) is 5.71 Å². The molecule has 156 valence electrons. The van der Waals surface area contributed by atoms with Crippen LogP contribution in [0.2, 0.25) is 0 Å². The zero-order valence-electron chi connectivity index (χ0n) is 16.3. The smallest absolute Gasteiger partial charge is 0.407 e. The van der Waals surface area contributed by atoms with Crippen molar-refractivity contribution in [2.24, 2.45) is 10.9 Å². The van der Waals surface area contributed by atoms with E-state index in [9.17, 15) is 14.4 Å². The zero-order chi connectivity index (χ0) is 20.9. The number of nitrogens with one attached hydrogen (secondary N) is 1. The molecule has 2 saturated heterocycles. The first-order valence-electron chi connectivity index (χ1n) is 8.92. The average Bonchev–Trinajstić information content (AvgIpc) is 2.85. The van der Waals surface area contributed by atoms with Crippen LogP contribution in [0.1, 0.15) is 27.2 Å². The van der Waals surface area contributed by atoms with Crippen molar-refractivity contribution in [2.75, 3.05) is 26.3 Å². The average molecular weight is 397 g/mol. The Morgan fingerprint density at radius 3 is 2.75 bits per heavy atom. The molecule has 2 bridgehead atoms. The Balaban J connectivity index is 1.94. The van der Waals surface area contributed by atoms with Crippen LogP contribution in [0.25, 0.3) is 0 Å². The zero-order valence-corrected chi connectivity index (χ0v) is 16.3. The molecule has 2 aliphatic heterocycles. The lowest BCUT2D eigenvalue weighted by molar-refractivity contribution is -0.122. The molecule has 2 heterocycles. The van der Waals surface area contributed by atoms with E-state index in [1.165, 1.54) is 11.0 Å². The minimum Gasteiger partial charge on any atom is -0.444 e. The van der Waals surface area contributed by atoms with E-state index in [-0.39, 0.29) is 32.7 Å². The van der Waals surface area contributed by atoms with Crippen LogP contribution in [-0.4, -0.2) is 77.7 Å². The second-order valence-electron chi connectivity index (χ2n) is 7.33. The number of alkyl carbamates (subject to hydrolysis) is 1. The summed E-state index contributed by atoms with van der Waals surface area (Å²) in [6, 6.07) is -1.75. The third-order valence-corrected chi connectivity index (χ3v) is 3.95. The number of nitrogens with zero attached hydrogens (tertiary/aromatic N) is 3. The first-order chi connectivity index (χ1) is 13.1. The predicted molar refractivity (Wildman–Crippen MR) is 99.1 cm³/mol. The van der Waals surface area contributed by atoms with E-state index < -0.39 is 35.7 Å². The monoisotopic (exact) mass is 397 g/mol. The fourth-order valence-electron chi connectivity index (χ4n) is 2.82. The summed E-state index contributed by atoms with van der Waals surface area (Å²) < 4.78 is 5.11. The molecule has 0 spiro atoms. The SMILES string of the molecule is C=CCON1C(=O)N2C[C@H]1/C(=N\OCCNC(=O)OC(C)(C)C)C[C@H]2C(N)=O. The Labute approximate surface area is 163 Å². The van der Waals surface area contributed by atoms with Crippen molar-refractivity contribution in [3.05, 3.63) is 12.7 Å². The van der Waals surface area contributed by atoms with Crippen molar-refractivity contribution >= 4 is 23.7 Å². The number of hydrogen-bond acceptors (Lipinski definition) is 7. The lowest BCUT2D eigenvalue weighted by atomic mass is 9.98. The first kappa shape index (κ1) is 21.5. The third kappa shape index (κ3) is 5.35. The van der Waals surface area contributed by atoms with Gasteiger partial charge >= 0.3 is 12.1 Å². The Morgan fingerprint density at radius 2 is 2.14 bits per heavy atom. The van der Waals surface area contributed by atoms with Gasteiger partial charge in [0.05, 0.1) is 25.4 Å². The van der Waals surface area contributed by atoms with Crippen LogP contribution in [0.3, 0.4) is 0 Å². The summed E-state index contributed by atoms with van der Waals surface area (Å²) in [6.07, 6.45) is 1.10. The number of hydrogen-bond donors (Lipinski definition) is 2. The molecule has 4 amide bonds. The summed E-state index contributed by atoms with van der Waals surface area (Å²) in [5.41, 5.74) is 5.29. The highest BCUT2D eigenvalue weighted by atomic mass is 16.7. The van der Waals surface area contributed by atoms with Gasteiger partial charge in [0, 0.05) is 6.42 Å². The largest absolute Gasteiger partial charge is 0.444 e. The topological polar surface area (TPSA) is 136 Å². The van der Waals surface area contributed by atoms with E-state index >= 15 is 0 Å². The number of hydroxylamine groups is 2. The Bertz CT molecular complexity index is 659. The van der Waals surface area contributed by atoms with Crippen molar-refractivity contribution in [1.82, 2.24) is 15.3 Å². The number of rotatable bonds is 8. The number of carbonyl (C=O) groups excluding carboxylic acids is 3. The normalized spacial score (nSPS) is 23.0. The first-order valence-corrected chi connectivity index (χ1v) is 8.92. The number of urea groups is 1. The highest BCUT2D eigenvalue weighted by molar-refractivity contribution is 6.02. The number of amides is 4. The van der Waals surface area contributed by atoms with Crippen LogP contribution < -0.4 is 11.1 Å². The van der Waals surface area contributed by atoms with Crippen molar-refractivity contribution in [2.45, 2.75) is 44.9 Å². The van der Waals surface area contributed by atoms with Crippen LogP contribution in [-0.2, 0) is 19.2 Å². The quantitative estimate of drug-likeness (QED) is 0.345. The van der Waals surface area contributed by atoms with Gasteiger partial charge in [-0.1, -0.05) is 11.2 Å². The summed E-state index contributed by atoms with van der Waals surface area (Å²) >= 11 is 0. The summed E-state index contributed by atoms with van der Waals surface area (Å²) in [6.45, 7) is 9.46. The Kier molecular flexibility index (Phi) is 6.84. The molecule has 28 heavy (non-hydrogen) atoms. The van der Waals surface area contributed by atoms with Gasteiger partial charge in [0.2, 0.25) is 5.91 Å². The van der Waals surface area contributed by atoms with Gasteiger partial charge in [0.1, 0.15) is 24.3 Å². The second kappa shape index (κ2) is 8.91. The Hall–Kier alpha value is -2.82. The van der Waals surface area contributed by atoms with Gasteiger partial charge in [0.15, 0.2) is 0 Å². The van der Waals surface area contributed by atoms with Gasteiger partial charge < -0.3 is 25.5 Å². The molecule has 3 N–H and O–H groups in total. The summed E-state index contributed by atoms with van der Waals surface area (Å²) in [5.74, 6) is -0.628. The number of fused-ring (bicyclic) bond motifs is 2. The van der Waals surface area contributed by atoms with Crippen LogP contribution in [0, 0.1) is 0 Å². The van der Waals surface area contributed by atoms with E-state index in [1.807, 2.05) is 0 Å². The number of oxime groups is 1. The molecule has 0 radical (unpaired) electrons. The van der Waals surface area contributed by atoms with Gasteiger partial charge in [-0.3, -0.25) is 9.63 Å². The molecule has 0 aliphatic carbocycles. The maximum Gasteiger partial charge on any atom is 0.407 e. The highest BCUT2D eigenvalue weighted by Gasteiger charge is 2.51. The molecule has 11 heteroatoms. The molecular weight excluding hydrogens is 370 g/mol. The summed E-state index contributed by atoms with van der Waals surface area (Å²) in [4.78, 5) is 47.8. The molecule has 2 atom stereocenters. The maximum atomic E-state index is 12.4. The molecule has 2 aliphatic rings. The highest BCUT2D eigenvalue weighted by Crippen LogP contribution is 2.28. The van der Waals surface area contributed by atoms with Gasteiger partial charge in [-0.15, -0.1) is 6.58 Å². The predicted octanol–water partition coefficient (Wildman–Crippen LogP) is 0.365. The molecule has 0 unspecified atom stereocenters. The van der Waals surface area contributed by atoms with E-state index in [2.05, 4.69) is 17.1 Å². The number of piperidine rings is 1. The maximum absolute atomic E-state index is 12.4. The molecule has 0 saturated carbocycles. The Morgan fingerprint density at radius 1 is 1.43 bits per heavy atom. The van der Waals surface area contributed by atoms with Gasteiger partial charge in [-0.2, -0.15) is 5.06 Å². The minimum absolute atomic E-state index is 0.0852. The minimum atomic E-state index is -0.816. The molecular formula is C17H27N5O6. The van der Waals surface area contributed by atoms with Crippen LogP contribution >= 0.6 is 0 Å². The fourth-order valence-corrected chi connectivity index (χ4v) is 2.82. The standard InChI is InChI=1S/C17H27N5O6/c1-5-7-27-22-13-10-21(16(22)25)12(14(18)23)9-11(13)20-26-8-6-19-15(24)28-17(2,3)4/h5,12-13H,1,6-10H2,2-4H3,(H2,18,23)(H,19,24)/b20-11-/t12-,13-/m0/s1. The molecule has 2 rings (SSSR count). The summed E-state index contributed by atoms with van der Waals surface area (Å²) in [5, 5.41) is 7.75. The number of carbonyl (C=O) groups is 3. The fraction of sp³-hybridized carbons (Fsp3) is 0.647. The number of primary amides is 1. The van der Waals surface area contributed by atoms with Gasteiger partial charge in [-0.25, -0.2) is 9.59 Å². The van der Waals surface area contributed by atoms with Crippen molar-refractivity contribution < 1.29 is 28.8 Å².